The lowest BCUT2D eigenvalue weighted by Crippen LogP contribution is -2.31. The number of carboxylic acid groups (broad SMARTS) is 2. The molecule has 2 amide bonds. The van der Waals surface area contributed by atoms with Gasteiger partial charge in [0.05, 0.1) is 45.3 Å². The summed E-state index contributed by atoms with van der Waals surface area (Å²) < 4.78 is 23.6. The van der Waals surface area contributed by atoms with E-state index in [4.69, 9.17) is 24.1 Å². The van der Waals surface area contributed by atoms with E-state index >= 15 is 0 Å². The number of aliphatic carboxylic acids is 2. The van der Waals surface area contributed by atoms with Crippen LogP contribution in [0.25, 0.3) is 0 Å². The molecule has 2 aromatic rings. The molecule has 0 radical (unpaired) electrons. The topological polar surface area (TPSA) is 152 Å². The van der Waals surface area contributed by atoms with Crippen LogP contribution >= 0.6 is 0 Å². The SMILES string of the molecule is COc1cc2c(cc1OCCCOc1c(C)c3c(c(C)c1OC)CN(C(=O)CC(C)C(=O)O)C3C)CN(C(=O)CC(C)C(=O)O)C2. The number of carbonyl (C=O) groups is 4. The van der Waals surface area contributed by atoms with E-state index in [1.165, 1.54) is 13.8 Å². The molecule has 2 aliphatic rings. The lowest BCUT2D eigenvalue weighted by molar-refractivity contribution is -0.146. The Hall–Kier alpha value is -4.48. The van der Waals surface area contributed by atoms with Gasteiger partial charge in [0, 0.05) is 50.0 Å². The molecule has 3 atom stereocenters. The van der Waals surface area contributed by atoms with Crippen LogP contribution in [-0.4, -0.2) is 71.2 Å². The van der Waals surface area contributed by atoms with Crippen LogP contribution in [0.15, 0.2) is 12.1 Å². The Kier molecular flexibility index (Phi) is 10.7. The van der Waals surface area contributed by atoms with Crippen LogP contribution in [0, 0.1) is 25.7 Å². The summed E-state index contributed by atoms with van der Waals surface area (Å²) in [5.74, 6) is -1.62. The minimum Gasteiger partial charge on any atom is -0.493 e. The second kappa shape index (κ2) is 14.3. The molecular formula is C34H44N2O10. The van der Waals surface area contributed by atoms with Gasteiger partial charge in [-0.15, -0.1) is 0 Å². The van der Waals surface area contributed by atoms with Crippen molar-refractivity contribution < 1.29 is 48.3 Å². The van der Waals surface area contributed by atoms with Gasteiger partial charge in [0.25, 0.3) is 0 Å². The van der Waals surface area contributed by atoms with E-state index in [1.807, 2.05) is 32.9 Å². The highest BCUT2D eigenvalue weighted by Gasteiger charge is 2.37. The predicted octanol–water partition coefficient (Wildman–Crippen LogP) is 4.64. The van der Waals surface area contributed by atoms with Gasteiger partial charge in [-0.25, -0.2) is 0 Å². The summed E-state index contributed by atoms with van der Waals surface area (Å²) in [6.07, 6.45) is 0.423. The first-order valence-electron chi connectivity index (χ1n) is 15.5. The smallest absolute Gasteiger partial charge is 0.306 e. The van der Waals surface area contributed by atoms with Gasteiger partial charge in [-0.3, -0.25) is 19.2 Å². The summed E-state index contributed by atoms with van der Waals surface area (Å²) in [4.78, 5) is 51.5. The third-order valence-corrected chi connectivity index (χ3v) is 8.97. The molecule has 0 bridgehead atoms. The fourth-order valence-electron chi connectivity index (χ4n) is 6.20. The Balaban J connectivity index is 1.39. The number of rotatable bonds is 14. The van der Waals surface area contributed by atoms with E-state index in [0.29, 0.717) is 62.3 Å². The second-order valence-electron chi connectivity index (χ2n) is 12.2. The van der Waals surface area contributed by atoms with E-state index in [2.05, 4.69) is 0 Å². The molecule has 12 nitrogen and oxygen atoms in total. The van der Waals surface area contributed by atoms with Gasteiger partial charge in [0.1, 0.15) is 0 Å². The summed E-state index contributed by atoms with van der Waals surface area (Å²) >= 11 is 0. The number of benzene rings is 2. The van der Waals surface area contributed by atoms with Crippen molar-refractivity contribution in [1.82, 2.24) is 9.80 Å². The summed E-state index contributed by atoms with van der Waals surface area (Å²) in [7, 11) is 3.14. The summed E-state index contributed by atoms with van der Waals surface area (Å²) in [5.41, 5.74) is 5.61. The zero-order valence-electron chi connectivity index (χ0n) is 27.6. The van der Waals surface area contributed by atoms with E-state index in [1.54, 1.807) is 24.0 Å². The Morgan fingerprint density at radius 3 is 1.93 bits per heavy atom. The maximum atomic E-state index is 13.0. The molecule has 46 heavy (non-hydrogen) atoms. The average Bonchev–Trinajstić information content (AvgIpc) is 3.59. The van der Waals surface area contributed by atoms with Crippen LogP contribution in [0.4, 0.5) is 0 Å². The number of ether oxygens (including phenoxy) is 4. The number of carboxylic acids is 2. The van der Waals surface area contributed by atoms with E-state index in [9.17, 15) is 24.3 Å². The minimum absolute atomic E-state index is 0.0564. The molecule has 0 aromatic heterocycles. The fourth-order valence-corrected chi connectivity index (χ4v) is 6.20. The maximum Gasteiger partial charge on any atom is 0.306 e. The van der Waals surface area contributed by atoms with Crippen molar-refractivity contribution in [2.24, 2.45) is 11.8 Å². The maximum absolute atomic E-state index is 13.0. The molecule has 250 valence electrons. The quantitative estimate of drug-likeness (QED) is 0.280. The molecule has 0 saturated carbocycles. The molecule has 2 aliphatic heterocycles. The molecule has 2 heterocycles. The van der Waals surface area contributed by atoms with Crippen molar-refractivity contribution in [3.63, 3.8) is 0 Å². The van der Waals surface area contributed by atoms with Gasteiger partial charge < -0.3 is 39.0 Å². The van der Waals surface area contributed by atoms with E-state index in [0.717, 1.165) is 33.4 Å². The number of amides is 2. The van der Waals surface area contributed by atoms with Crippen LogP contribution < -0.4 is 18.9 Å². The molecule has 12 heteroatoms. The average molecular weight is 641 g/mol. The molecule has 0 spiro atoms. The largest absolute Gasteiger partial charge is 0.493 e. The van der Waals surface area contributed by atoms with Crippen molar-refractivity contribution in [1.29, 1.82) is 0 Å². The number of nitrogens with zero attached hydrogens (tertiary/aromatic N) is 2. The standard InChI is InChI=1S/C34H44N2O10/c1-18(33(39)40)11-28(37)35-15-23-13-26(43-6)27(14-24(23)16-35)45-9-8-10-46-32-21(4)30-22(5)36(29(38)12-19(2)34(41)42)17-25(30)20(3)31(32)44-7/h13-14,18-19,22H,8-12,15-17H2,1-7H3,(H,39,40)(H,41,42). The third-order valence-electron chi connectivity index (χ3n) is 8.97. The monoisotopic (exact) mass is 640 g/mol. The first-order chi connectivity index (χ1) is 21.8. The van der Waals surface area contributed by atoms with Crippen LogP contribution in [0.1, 0.15) is 79.5 Å². The van der Waals surface area contributed by atoms with E-state index in [-0.39, 0.29) is 30.7 Å². The van der Waals surface area contributed by atoms with Crippen LogP contribution in [0.5, 0.6) is 23.0 Å². The number of carbonyl (C=O) groups excluding carboxylic acids is 2. The van der Waals surface area contributed by atoms with Crippen molar-refractivity contribution >= 4 is 23.8 Å². The Morgan fingerprint density at radius 2 is 1.37 bits per heavy atom. The summed E-state index contributed by atoms with van der Waals surface area (Å²) in [6.45, 7) is 10.7. The highest BCUT2D eigenvalue weighted by molar-refractivity contribution is 5.84. The van der Waals surface area contributed by atoms with Gasteiger partial charge in [-0.05, 0) is 55.2 Å². The third kappa shape index (κ3) is 7.00. The Labute approximate surface area is 269 Å². The molecule has 0 aliphatic carbocycles. The molecule has 2 N–H and O–H groups in total. The molecule has 0 saturated heterocycles. The normalized spacial score (nSPS) is 16.4. The summed E-state index contributed by atoms with van der Waals surface area (Å²) in [5, 5.41) is 18.4. The highest BCUT2D eigenvalue weighted by atomic mass is 16.5. The fraction of sp³-hybridized carbons (Fsp3) is 0.529. The summed E-state index contributed by atoms with van der Waals surface area (Å²) in [6, 6.07) is 3.48. The Bertz CT molecular complexity index is 1520. The van der Waals surface area contributed by atoms with Crippen molar-refractivity contribution in [3.05, 3.63) is 45.5 Å². The first-order valence-corrected chi connectivity index (χ1v) is 15.5. The van der Waals surface area contributed by atoms with Crippen LogP contribution in [0.3, 0.4) is 0 Å². The number of methoxy groups -OCH3 is 2. The van der Waals surface area contributed by atoms with Crippen LogP contribution in [-0.2, 0) is 38.8 Å². The first kappa shape index (κ1) is 34.4. The van der Waals surface area contributed by atoms with Crippen molar-refractivity contribution in [2.75, 3.05) is 27.4 Å². The second-order valence-corrected chi connectivity index (χ2v) is 12.2. The van der Waals surface area contributed by atoms with Gasteiger partial charge in [-0.1, -0.05) is 13.8 Å². The number of fused-ring (bicyclic) bond motifs is 2. The zero-order valence-corrected chi connectivity index (χ0v) is 27.6. The molecule has 0 fully saturated rings. The van der Waals surface area contributed by atoms with Gasteiger partial charge in [0.15, 0.2) is 23.0 Å². The minimum atomic E-state index is -0.997. The highest BCUT2D eigenvalue weighted by Crippen LogP contribution is 2.47. The number of hydrogen-bond acceptors (Lipinski definition) is 8. The Morgan fingerprint density at radius 1 is 0.804 bits per heavy atom. The van der Waals surface area contributed by atoms with Gasteiger partial charge in [0.2, 0.25) is 11.8 Å². The zero-order chi connectivity index (χ0) is 33.9. The molecule has 4 rings (SSSR count). The lowest BCUT2D eigenvalue weighted by atomic mass is 9.94. The predicted molar refractivity (Wildman–Crippen MR) is 167 cm³/mol. The van der Waals surface area contributed by atoms with Crippen molar-refractivity contribution in [3.8, 4) is 23.0 Å². The van der Waals surface area contributed by atoms with E-state index < -0.39 is 23.8 Å². The van der Waals surface area contributed by atoms with Gasteiger partial charge in [-0.2, -0.15) is 0 Å². The molecular weight excluding hydrogens is 596 g/mol. The lowest BCUT2D eigenvalue weighted by Gasteiger charge is -2.24. The molecule has 3 unspecified atom stereocenters. The van der Waals surface area contributed by atoms with Gasteiger partial charge >= 0.3 is 11.9 Å². The van der Waals surface area contributed by atoms with Crippen molar-refractivity contribution in [2.45, 2.75) is 79.6 Å². The number of hydrogen-bond donors (Lipinski definition) is 2. The molecule has 2 aromatic carbocycles. The van der Waals surface area contributed by atoms with Crippen LogP contribution in [0.2, 0.25) is 0 Å².